The van der Waals surface area contributed by atoms with E-state index in [1.807, 2.05) is 0 Å². The molecule has 1 heterocycles. The molecule has 0 N–H and O–H groups in total. The lowest BCUT2D eigenvalue weighted by molar-refractivity contribution is 0.670. The Morgan fingerprint density at radius 2 is 0.656 bits per heavy atom. The summed E-state index contributed by atoms with van der Waals surface area (Å²) >= 11 is 0. The predicted octanol–water partition coefficient (Wildman–Crippen LogP) is 17.2. The van der Waals surface area contributed by atoms with Crippen LogP contribution in [-0.4, -0.2) is 0 Å². The number of hydrogen-bond acceptors (Lipinski definition) is 1. The molecule has 0 aliphatic heterocycles. The Bertz CT molecular complexity index is 3830. The molecule has 0 saturated carbocycles. The van der Waals surface area contributed by atoms with Crippen molar-refractivity contribution in [2.45, 2.75) is 0 Å². The monoisotopic (exact) mass is 772 g/mol. The van der Waals surface area contributed by atoms with Crippen molar-refractivity contribution in [1.29, 1.82) is 0 Å². The molecular formula is C60H36O. The van der Waals surface area contributed by atoms with Gasteiger partial charge in [-0.15, -0.1) is 0 Å². The van der Waals surface area contributed by atoms with Gasteiger partial charge in [0.25, 0.3) is 0 Å². The van der Waals surface area contributed by atoms with E-state index in [1.54, 1.807) is 0 Å². The molecule has 13 rings (SSSR count). The molecule has 282 valence electrons. The van der Waals surface area contributed by atoms with Crippen molar-refractivity contribution in [2.75, 3.05) is 0 Å². The van der Waals surface area contributed by atoms with Gasteiger partial charge >= 0.3 is 0 Å². The van der Waals surface area contributed by atoms with E-state index in [0.717, 1.165) is 27.5 Å². The third-order valence-electron chi connectivity index (χ3n) is 13.0. The summed E-state index contributed by atoms with van der Waals surface area (Å²) in [5, 5.41) is 17.3. The second-order valence-electron chi connectivity index (χ2n) is 16.3. The van der Waals surface area contributed by atoms with Crippen LogP contribution in [0.4, 0.5) is 0 Å². The first-order valence-corrected chi connectivity index (χ1v) is 21.1. The largest absolute Gasteiger partial charge is 0.455 e. The van der Waals surface area contributed by atoms with Gasteiger partial charge in [-0.05, 0) is 116 Å². The van der Waals surface area contributed by atoms with Crippen LogP contribution in [0.3, 0.4) is 0 Å². The standard InChI is InChI=1S/C60H36O/c1-2-15-40-36-57-56(34-39(40)14-1)53-26-13-27-54(60(53)61-57)59-51-24-11-9-22-49(51)58(50-23-10-12-25-52(50)59)38-30-28-37(29-31-38)42-16-3-4-17-43(42)41-32-33-48-46-20-6-5-18-44(46)45-19-7-8-21-47(45)55(48)35-41/h1-36H. The summed E-state index contributed by atoms with van der Waals surface area (Å²) in [7, 11) is 0. The second-order valence-corrected chi connectivity index (χ2v) is 16.3. The molecule has 13 aromatic rings. The van der Waals surface area contributed by atoms with Crippen molar-refractivity contribution in [3.8, 4) is 44.5 Å². The van der Waals surface area contributed by atoms with Crippen molar-refractivity contribution in [1.82, 2.24) is 0 Å². The Kier molecular flexibility index (Phi) is 7.37. The zero-order valence-electron chi connectivity index (χ0n) is 33.2. The Morgan fingerprint density at radius 1 is 0.230 bits per heavy atom. The molecule has 0 unspecified atom stereocenters. The molecule has 1 nitrogen and oxygen atoms in total. The molecule has 0 fully saturated rings. The van der Waals surface area contributed by atoms with E-state index in [2.05, 4.69) is 218 Å². The Hall–Kier alpha value is -8.00. The van der Waals surface area contributed by atoms with Gasteiger partial charge in [0, 0.05) is 21.9 Å². The lowest BCUT2D eigenvalue weighted by Crippen LogP contribution is -1.91. The van der Waals surface area contributed by atoms with Gasteiger partial charge in [0.05, 0.1) is 0 Å². The van der Waals surface area contributed by atoms with Gasteiger partial charge in [0.15, 0.2) is 0 Å². The van der Waals surface area contributed by atoms with Gasteiger partial charge in [0.2, 0.25) is 0 Å². The van der Waals surface area contributed by atoms with Crippen molar-refractivity contribution in [3.63, 3.8) is 0 Å². The topological polar surface area (TPSA) is 13.1 Å². The van der Waals surface area contributed by atoms with Gasteiger partial charge in [-0.25, -0.2) is 0 Å². The van der Waals surface area contributed by atoms with Crippen LogP contribution in [0.2, 0.25) is 0 Å². The first kappa shape index (κ1) is 33.9. The van der Waals surface area contributed by atoms with Crippen LogP contribution in [-0.2, 0) is 0 Å². The summed E-state index contributed by atoms with van der Waals surface area (Å²) in [6.45, 7) is 0. The van der Waals surface area contributed by atoms with Crippen molar-refractivity contribution >= 4 is 86.6 Å². The maximum Gasteiger partial charge on any atom is 0.143 e. The zero-order chi connectivity index (χ0) is 40.0. The Morgan fingerprint density at radius 3 is 1.28 bits per heavy atom. The van der Waals surface area contributed by atoms with E-state index in [0.29, 0.717) is 0 Å². The fraction of sp³-hybridized carbons (Fsp3) is 0. The smallest absolute Gasteiger partial charge is 0.143 e. The van der Waals surface area contributed by atoms with Crippen LogP contribution in [0.15, 0.2) is 223 Å². The average Bonchev–Trinajstić information content (AvgIpc) is 3.70. The minimum absolute atomic E-state index is 0.913. The van der Waals surface area contributed by atoms with E-state index < -0.39 is 0 Å². The molecule has 0 amide bonds. The Balaban J connectivity index is 0.961. The summed E-state index contributed by atoms with van der Waals surface area (Å²) in [6.07, 6.45) is 0. The van der Waals surface area contributed by atoms with E-state index in [1.165, 1.54) is 104 Å². The van der Waals surface area contributed by atoms with Gasteiger partial charge < -0.3 is 4.42 Å². The number of furan rings is 1. The maximum atomic E-state index is 6.81. The molecule has 1 heteroatoms. The lowest BCUT2D eigenvalue weighted by Gasteiger charge is -2.18. The highest BCUT2D eigenvalue weighted by Gasteiger charge is 2.21. The van der Waals surface area contributed by atoms with Gasteiger partial charge in [-0.3, -0.25) is 0 Å². The normalized spacial score (nSPS) is 11.9. The van der Waals surface area contributed by atoms with E-state index >= 15 is 0 Å². The minimum Gasteiger partial charge on any atom is -0.455 e. The van der Waals surface area contributed by atoms with Crippen LogP contribution >= 0.6 is 0 Å². The van der Waals surface area contributed by atoms with E-state index in [9.17, 15) is 0 Å². The number of benzene rings is 12. The predicted molar refractivity (Wildman–Crippen MR) is 260 cm³/mol. The Labute approximate surface area is 352 Å². The molecular weight excluding hydrogens is 737 g/mol. The summed E-state index contributed by atoms with van der Waals surface area (Å²) < 4.78 is 6.81. The summed E-state index contributed by atoms with van der Waals surface area (Å²) in [5.41, 5.74) is 11.4. The minimum atomic E-state index is 0.913. The SMILES string of the molecule is c1ccc(-c2ccc3c4ccccc4c4ccccc4c3c2)c(-c2ccc(-c3c4ccccc4c(-c4cccc5c4oc4cc6ccccc6cc45)c4ccccc34)cc2)c1. The van der Waals surface area contributed by atoms with Crippen LogP contribution in [0.25, 0.3) is 131 Å². The van der Waals surface area contributed by atoms with Gasteiger partial charge in [-0.2, -0.15) is 0 Å². The van der Waals surface area contributed by atoms with Crippen LogP contribution in [0.5, 0.6) is 0 Å². The number of rotatable bonds is 4. The number of para-hydroxylation sites is 1. The summed E-state index contributed by atoms with van der Waals surface area (Å²) in [5.74, 6) is 0. The van der Waals surface area contributed by atoms with Gasteiger partial charge in [-0.1, -0.05) is 200 Å². The third kappa shape index (κ3) is 5.14. The highest BCUT2D eigenvalue weighted by Crippen LogP contribution is 2.47. The first-order valence-electron chi connectivity index (χ1n) is 21.1. The van der Waals surface area contributed by atoms with Crippen LogP contribution in [0.1, 0.15) is 0 Å². The maximum absolute atomic E-state index is 6.81. The van der Waals surface area contributed by atoms with Crippen molar-refractivity contribution < 1.29 is 4.42 Å². The average molecular weight is 773 g/mol. The van der Waals surface area contributed by atoms with Crippen molar-refractivity contribution in [2.24, 2.45) is 0 Å². The number of fused-ring (bicyclic) bond motifs is 12. The molecule has 0 atom stereocenters. The van der Waals surface area contributed by atoms with Crippen LogP contribution in [0, 0.1) is 0 Å². The number of hydrogen-bond donors (Lipinski definition) is 0. The molecule has 0 aliphatic rings. The second kappa shape index (κ2) is 13.3. The molecule has 0 bridgehead atoms. The van der Waals surface area contributed by atoms with E-state index in [-0.39, 0.29) is 0 Å². The van der Waals surface area contributed by atoms with Crippen molar-refractivity contribution in [3.05, 3.63) is 218 Å². The zero-order valence-corrected chi connectivity index (χ0v) is 33.2. The van der Waals surface area contributed by atoms with E-state index in [4.69, 9.17) is 4.42 Å². The van der Waals surface area contributed by atoms with Gasteiger partial charge in [0.1, 0.15) is 11.2 Å². The highest BCUT2D eigenvalue weighted by atomic mass is 16.3. The molecule has 0 radical (unpaired) electrons. The molecule has 0 spiro atoms. The summed E-state index contributed by atoms with van der Waals surface area (Å²) in [4.78, 5) is 0. The molecule has 12 aromatic carbocycles. The highest BCUT2D eigenvalue weighted by molar-refractivity contribution is 6.27. The first-order chi connectivity index (χ1) is 30.3. The lowest BCUT2D eigenvalue weighted by atomic mass is 9.85. The van der Waals surface area contributed by atoms with Crippen LogP contribution < -0.4 is 0 Å². The molecule has 0 saturated heterocycles. The quantitative estimate of drug-likeness (QED) is 0.128. The molecule has 1 aromatic heterocycles. The summed E-state index contributed by atoms with van der Waals surface area (Å²) in [6, 6.07) is 80.0. The third-order valence-corrected chi connectivity index (χ3v) is 13.0. The molecule has 0 aliphatic carbocycles. The molecule has 61 heavy (non-hydrogen) atoms. The fourth-order valence-corrected chi connectivity index (χ4v) is 10.3. The fourth-order valence-electron chi connectivity index (χ4n) is 10.3.